The van der Waals surface area contributed by atoms with Gasteiger partial charge in [0, 0.05) is 124 Å². The predicted octanol–water partition coefficient (Wildman–Crippen LogP) is -1.79. The van der Waals surface area contributed by atoms with Gasteiger partial charge < -0.3 is 125 Å². The Kier molecular flexibility index (Phi) is 42.9. The van der Waals surface area contributed by atoms with E-state index in [1.54, 1.807) is 74.8 Å². The van der Waals surface area contributed by atoms with E-state index in [0.717, 1.165) is 31.4 Å². The number of aromatic amines is 2. The molecule has 0 unspecified atom stereocenters. The first kappa shape index (κ1) is 110. The van der Waals surface area contributed by atoms with Crippen LogP contribution in [0.5, 0.6) is 5.75 Å². The van der Waals surface area contributed by atoms with Gasteiger partial charge in [0.1, 0.15) is 90.3 Å². The molecule has 0 aliphatic carbocycles. The number of carbonyl (C=O) groups is 18. The standard InChI is InChI=1S/C92H131N23O22S/c1-9-11-25-71-85(130)103-63(37-51(3)4)81(126)109-70(80(125)99-45-77(122)96-34-18-13-19-35-100-110-95)49-138-50-78(123)101-65(38-53-28-30-56(118)31-29-53)88(133)111(6)52(5)79(124)105-67(42-76(94)121)91(136)114-36-20-27-72(114)86(131)108-69(48-117)83(128)102-62(32-33-75(93)120)90(135)115-46-57(119)41-74(115)87(132)104-64(39-54-43-97-60-23-16-14-21-58(54)60)82(127)107-68(47-116)84(129)106-66(40-55-44-98-61-24-17-15-22-59(55)61)89(134)113(8)73(26-12-10-2)92(137)112(71)7/h14-17,21-24,28-31,43-44,51-52,57,62-74,97-98,116-119H,9-13,18-20,25-27,32-42,45-50H2,1-8H3,(H2,93,120)(H2,94,121)(H,96,122)(H,99,125)(H,101,123)(H,102,128)(H,103,130)(H,104,132)(H,105,124)(H,106,129)(H,107,127)(H,108,131)(H,109,126)/t52-,57+,62-,63-,64-,65-,66-,67-,68-,69-,70-,71-,72-,73-,74-/m0/s1. The van der Waals surface area contributed by atoms with Crippen molar-refractivity contribution in [3.05, 3.63) is 112 Å². The minimum absolute atomic E-state index is 0.00536. The minimum Gasteiger partial charge on any atom is -0.508 e. The molecular weight excluding hydrogens is 1810 g/mol. The third-order valence-corrected chi connectivity index (χ3v) is 25.6. The molecule has 5 aromatic rings. The van der Waals surface area contributed by atoms with Crippen LogP contribution in [0.2, 0.25) is 0 Å². The number of aliphatic hydroxyl groups is 3. The van der Waals surface area contributed by atoms with Crippen LogP contribution in [0, 0.1) is 5.92 Å². The highest BCUT2D eigenvalue weighted by molar-refractivity contribution is 8.00. The monoisotopic (exact) mass is 1940 g/mol. The fraction of sp³-hybridized carbons (Fsp3) is 0.565. The van der Waals surface area contributed by atoms with Crippen LogP contribution in [0.25, 0.3) is 32.2 Å². The van der Waals surface area contributed by atoms with Crippen molar-refractivity contribution in [2.75, 3.05) is 78.6 Å². The summed E-state index contributed by atoms with van der Waals surface area (Å²) in [6.45, 7) is 5.16. The average molecular weight is 1940 g/mol. The summed E-state index contributed by atoms with van der Waals surface area (Å²) in [6, 6.07) is -3.43. The zero-order chi connectivity index (χ0) is 101. The van der Waals surface area contributed by atoms with Crippen molar-refractivity contribution in [3.8, 4) is 5.75 Å². The van der Waals surface area contributed by atoms with Crippen LogP contribution in [0.4, 0.5) is 0 Å². The van der Waals surface area contributed by atoms with Gasteiger partial charge >= 0.3 is 0 Å². The summed E-state index contributed by atoms with van der Waals surface area (Å²) in [5.74, 6) is -19.1. The molecule has 21 N–H and O–H groups in total. The third kappa shape index (κ3) is 31.5. The van der Waals surface area contributed by atoms with Crippen molar-refractivity contribution in [1.82, 2.24) is 93.0 Å². The molecule has 752 valence electrons. The number of nitrogens with zero attached hydrogens (tertiary/aromatic N) is 8. The van der Waals surface area contributed by atoms with Gasteiger partial charge in [-0.15, -0.1) is 11.8 Å². The maximum Gasteiger partial charge on any atom is 0.246 e. The van der Waals surface area contributed by atoms with E-state index in [1.165, 1.54) is 57.2 Å². The van der Waals surface area contributed by atoms with Gasteiger partial charge in [-0.2, -0.15) is 0 Å². The second kappa shape index (κ2) is 53.9. The zero-order valence-corrected chi connectivity index (χ0v) is 79.7. The van der Waals surface area contributed by atoms with E-state index in [-0.39, 0.29) is 82.7 Å². The number of thioether (sulfide) groups is 1. The molecule has 45 nitrogen and oxygen atoms in total. The first-order valence-corrected chi connectivity index (χ1v) is 47.6. The molecule has 5 heterocycles. The van der Waals surface area contributed by atoms with Crippen LogP contribution in [0.3, 0.4) is 0 Å². The Balaban J connectivity index is 1.18. The lowest BCUT2D eigenvalue weighted by Gasteiger charge is -2.36. The largest absolute Gasteiger partial charge is 0.508 e. The van der Waals surface area contributed by atoms with Gasteiger partial charge in [0.05, 0.1) is 38.0 Å². The highest BCUT2D eigenvalue weighted by atomic mass is 32.2. The third-order valence-electron chi connectivity index (χ3n) is 24.5. The molecule has 46 heteroatoms. The number of nitrogens with two attached hydrogens (primary N) is 2. The first-order valence-electron chi connectivity index (χ1n) is 46.4. The van der Waals surface area contributed by atoms with Crippen LogP contribution < -0.4 is 70.0 Å². The first-order chi connectivity index (χ1) is 65.8. The van der Waals surface area contributed by atoms with E-state index in [2.05, 4.69) is 78.5 Å². The Labute approximate surface area is 802 Å². The van der Waals surface area contributed by atoms with Gasteiger partial charge in [0.15, 0.2) is 0 Å². The van der Waals surface area contributed by atoms with Crippen LogP contribution >= 0.6 is 11.8 Å². The summed E-state index contributed by atoms with van der Waals surface area (Å²) in [5.41, 5.74) is 22.5. The summed E-state index contributed by atoms with van der Waals surface area (Å²) in [4.78, 5) is 277. The number of primary amides is 2. The molecular formula is C92H131N23O22S. The molecule has 3 aromatic carbocycles. The molecule has 3 aliphatic heterocycles. The number of azide groups is 1. The van der Waals surface area contributed by atoms with Gasteiger partial charge in [-0.05, 0) is 111 Å². The van der Waals surface area contributed by atoms with Crippen LogP contribution in [-0.4, -0.2) is 330 Å². The summed E-state index contributed by atoms with van der Waals surface area (Å²) in [5, 5.41) is 76.9. The second-order valence-corrected chi connectivity index (χ2v) is 36.3. The summed E-state index contributed by atoms with van der Waals surface area (Å²) in [7, 11) is 3.90. The number of unbranched alkanes of at least 4 members (excludes halogenated alkanes) is 4. The maximum atomic E-state index is 15.8. The van der Waals surface area contributed by atoms with Crippen molar-refractivity contribution in [2.24, 2.45) is 22.5 Å². The highest BCUT2D eigenvalue weighted by Crippen LogP contribution is 2.28. The number of nitrogens with one attached hydrogen (secondary N) is 13. The van der Waals surface area contributed by atoms with E-state index >= 15 is 38.4 Å². The zero-order valence-electron chi connectivity index (χ0n) is 78.9. The molecule has 0 saturated carbocycles. The fourth-order valence-corrected chi connectivity index (χ4v) is 17.6. The van der Waals surface area contributed by atoms with Gasteiger partial charge in [-0.3, -0.25) is 86.3 Å². The molecule has 3 aliphatic rings. The van der Waals surface area contributed by atoms with Gasteiger partial charge in [0.2, 0.25) is 106 Å². The average Bonchev–Trinajstić information content (AvgIpc) is 1.57. The number of phenols is 1. The fourth-order valence-electron chi connectivity index (χ4n) is 16.7. The molecule has 3 saturated heterocycles. The van der Waals surface area contributed by atoms with Gasteiger partial charge in [0.25, 0.3) is 0 Å². The summed E-state index contributed by atoms with van der Waals surface area (Å²) >= 11 is 0.788. The van der Waals surface area contributed by atoms with Crippen molar-refractivity contribution >= 4 is 140 Å². The van der Waals surface area contributed by atoms with Crippen molar-refractivity contribution in [2.45, 2.75) is 247 Å². The van der Waals surface area contributed by atoms with E-state index in [0.29, 0.717) is 83.4 Å². The number of benzene rings is 3. The molecule has 3 fully saturated rings. The molecule has 15 atom stereocenters. The van der Waals surface area contributed by atoms with Crippen molar-refractivity contribution in [3.63, 3.8) is 0 Å². The Bertz CT molecular complexity index is 5180. The second-order valence-electron chi connectivity index (χ2n) is 35.3. The van der Waals surface area contributed by atoms with Crippen LogP contribution in [0.15, 0.2) is 90.3 Å². The van der Waals surface area contributed by atoms with Gasteiger partial charge in [-0.25, -0.2) is 0 Å². The number of carbonyl (C=O) groups excluding carboxylic acids is 18. The Morgan fingerprint density at radius 3 is 1.68 bits per heavy atom. The topological polar surface area (TPSA) is 669 Å². The molecule has 138 heavy (non-hydrogen) atoms. The predicted molar refractivity (Wildman–Crippen MR) is 506 cm³/mol. The Morgan fingerprint density at radius 2 is 1.08 bits per heavy atom. The molecule has 0 bridgehead atoms. The van der Waals surface area contributed by atoms with E-state index in [4.69, 9.17) is 17.0 Å². The minimum atomic E-state index is -1.95. The lowest BCUT2D eigenvalue weighted by Crippen LogP contribution is -2.62. The molecule has 0 radical (unpaired) electrons. The van der Waals surface area contributed by atoms with Crippen molar-refractivity contribution in [1.29, 1.82) is 0 Å². The SMILES string of the molecule is CCCC[C@H]1C(=O)N(C)[C@@H](CCCC)C(=O)N[C@@H](CC(C)C)C(=O)N[C@H](C(=O)NCC(=O)NCCCCCN=[N+]=[N-])CSCC(=O)N[C@@H](Cc2ccc(O)cc2)C(=O)N(C)[C@@H](C)C(=O)N[C@@H](CC(N)=O)C(=O)N2CCC[C@H]2C(=O)N[C@@H](CO)C(=O)N[C@@H](CCC(N)=O)C(=O)N2C[C@H](O)C[C@H]2C(=O)N[C@@H](Cc2c[nH]c3ccccc23)C(=O)N[C@@H](CO)C(=O)N[C@@H](Cc2c[nH]c3ccccc23)C(=O)N1C. The molecule has 8 rings (SSSR count). The Morgan fingerprint density at radius 1 is 0.551 bits per heavy atom. The lowest BCUT2D eigenvalue weighted by atomic mass is 9.99. The maximum absolute atomic E-state index is 15.8. The quantitative estimate of drug-likeness (QED) is 0.0104. The van der Waals surface area contributed by atoms with E-state index < -0.39 is 261 Å². The molecule has 0 spiro atoms. The van der Waals surface area contributed by atoms with Crippen molar-refractivity contribution < 1.29 is 107 Å². The van der Waals surface area contributed by atoms with Crippen LogP contribution in [-0.2, 0) is 106 Å². The lowest BCUT2D eigenvalue weighted by molar-refractivity contribution is -0.149. The number of phenolic OH excluding ortho intramolecular Hbond substituents is 1. The smallest absolute Gasteiger partial charge is 0.246 e. The normalized spacial score (nSPS) is 24.4. The number of H-pyrrole nitrogens is 2. The highest BCUT2D eigenvalue weighted by Gasteiger charge is 2.47. The number of fused-ring (bicyclic) bond motifs is 4. The molecule has 18 amide bonds. The number of likely N-dealkylation sites (N-methyl/N-ethyl adjacent to an activating group) is 3. The number of aliphatic hydroxyl groups excluding tert-OH is 3. The number of para-hydroxylation sites is 2. The van der Waals surface area contributed by atoms with Gasteiger partial charge in [-0.1, -0.05) is 113 Å². The number of hydrogen-bond donors (Lipinski definition) is 19. The number of amides is 18. The van der Waals surface area contributed by atoms with Crippen LogP contribution in [0.1, 0.15) is 154 Å². The van der Waals surface area contributed by atoms with E-state index in [9.17, 15) is 68.4 Å². The Hall–Kier alpha value is -13.5. The summed E-state index contributed by atoms with van der Waals surface area (Å²) in [6.07, 6.45) is 1.43. The molecule has 2 aromatic heterocycles. The number of rotatable bonds is 30. The number of hydrogen-bond acceptors (Lipinski definition) is 24. The number of aromatic nitrogens is 2. The van der Waals surface area contributed by atoms with E-state index in [1.807, 2.05) is 13.8 Å². The number of aromatic hydroxyl groups is 1. The summed E-state index contributed by atoms with van der Waals surface area (Å²) < 4.78 is 0.